The Balaban J connectivity index is 2.09. The predicted octanol–water partition coefficient (Wildman–Crippen LogP) is 4.61. The molecule has 0 fully saturated rings. The van der Waals surface area contributed by atoms with Crippen LogP contribution in [0.5, 0.6) is 5.75 Å². The minimum Gasteiger partial charge on any atom is -0.495 e. The van der Waals surface area contributed by atoms with E-state index in [2.05, 4.69) is 17.6 Å². The summed E-state index contributed by atoms with van der Waals surface area (Å²) >= 11 is 5.98. The molecule has 0 aliphatic rings. The summed E-state index contributed by atoms with van der Waals surface area (Å²) in [5.41, 5.74) is 2.72. The zero-order valence-electron chi connectivity index (χ0n) is 15.5. The maximum Gasteiger partial charge on any atom is 0.263 e. The van der Waals surface area contributed by atoms with Crippen molar-refractivity contribution >= 4 is 23.2 Å². The molecule has 6 heteroatoms. The van der Waals surface area contributed by atoms with Crippen LogP contribution in [0.3, 0.4) is 0 Å². The highest BCUT2D eigenvalue weighted by Crippen LogP contribution is 2.27. The van der Waals surface area contributed by atoms with Crippen LogP contribution in [-0.2, 0) is 11.2 Å². The van der Waals surface area contributed by atoms with Gasteiger partial charge in [0.05, 0.1) is 18.8 Å². The fourth-order valence-corrected chi connectivity index (χ4v) is 2.66. The average molecular weight is 384 g/mol. The third-order valence-corrected chi connectivity index (χ3v) is 4.37. The number of rotatable bonds is 7. The molecule has 0 saturated carbocycles. The molecule has 0 bridgehead atoms. The summed E-state index contributed by atoms with van der Waals surface area (Å²) in [4.78, 5) is 12.4. The minimum absolute atomic E-state index is 0.0472. The number of methoxy groups -OCH3 is 1. The van der Waals surface area contributed by atoms with Crippen molar-refractivity contribution in [2.75, 3.05) is 12.4 Å². The minimum atomic E-state index is -0.460. The van der Waals surface area contributed by atoms with Crippen LogP contribution < -0.4 is 15.4 Å². The molecule has 1 amide bonds. The average Bonchev–Trinajstić information content (AvgIpc) is 2.68. The molecule has 0 aliphatic carbocycles. The summed E-state index contributed by atoms with van der Waals surface area (Å²) in [5.74, 6) is 0.0933. The monoisotopic (exact) mass is 383 g/mol. The van der Waals surface area contributed by atoms with Gasteiger partial charge in [0.25, 0.3) is 5.91 Å². The molecule has 0 saturated heterocycles. The number of carbonyl (C=O) groups excluding carboxylic acids is 1. The normalized spacial score (nSPS) is 12.0. The Morgan fingerprint density at radius 2 is 2.00 bits per heavy atom. The Hall–Kier alpha value is -2.97. The molecular formula is C21H22ClN3O2. The van der Waals surface area contributed by atoms with E-state index in [1.54, 1.807) is 18.2 Å². The molecule has 2 aromatic rings. The second-order valence-corrected chi connectivity index (χ2v) is 6.39. The lowest BCUT2D eigenvalue weighted by molar-refractivity contribution is -0.117. The van der Waals surface area contributed by atoms with E-state index in [1.165, 1.54) is 18.9 Å². The topological polar surface area (TPSA) is 74.2 Å². The van der Waals surface area contributed by atoms with Gasteiger partial charge in [-0.1, -0.05) is 42.8 Å². The second-order valence-electron chi connectivity index (χ2n) is 5.95. The number of hydrogen-bond donors (Lipinski definition) is 2. The maximum atomic E-state index is 12.4. The van der Waals surface area contributed by atoms with Gasteiger partial charge in [0.2, 0.25) is 0 Å². The molecule has 0 aliphatic heterocycles. The first kappa shape index (κ1) is 20.3. The Kier molecular flexibility index (Phi) is 7.27. The van der Waals surface area contributed by atoms with Gasteiger partial charge in [-0.15, -0.1) is 0 Å². The van der Waals surface area contributed by atoms with Gasteiger partial charge in [0, 0.05) is 11.2 Å². The summed E-state index contributed by atoms with van der Waals surface area (Å²) in [6.45, 7) is 3.97. The largest absolute Gasteiger partial charge is 0.495 e. The Labute approximate surface area is 164 Å². The molecule has 5 nitrogen and oxygen atoms in total. The molecule has 1 atom stereocenters. The van der Waals surface area contributed by atoms with Gasteiger partial charge in [-0.3, -0.25) is 4.79 Å². The van der Waals surface area contributed by atoms with E-state index in [1.807, 2.05) is 37.3 Å². The molecule has 27 heavy (non-hydrogen) atoms. The number of nitrogens with one attached hydrogen (secondary N) is 2. The number of aryl methyl sites for hydroxylation is 1. The molecule has 0 spiro atoms. The van der Waals surface area contributed by atoms with Crippen molar-refractivity contribution in [3.8, 4) is 11.8 Å². The van der Waals surface area contributed by atoms with Crippen molar-refractivity contribution in [3.05, 3.63) is 70.4 Å². The summed E-state index contributed by atoms with van der Waals surface area (Å²) in [6, 6.07) is 14.8. The lowest BCUT2D eigenvalue weighted by Gasteiger charge is -2.15. The number of hydrogen-bond acceptors (Lipinski definition) is 4. The summed E-state index contributed by atoms with van der Waals surface area (Å²) in [6.07, 6.45) is 2.30. The van der Waals surface area contributed by atoms with Crippen LogP contribution in [0.15, 0.2) is 54.2 Å². The summed E-state index contributed by atoms with van der Waals surface area (Å²) < 4.78 is 5.23. The van der Waals surface area contributed by atoms with Gasteiger partial charge < -0.3 is 15.4 Å². The van der Waals surface area contributed by atoms with Crippen molar-refractivity contribution in [3.63, 3.8) is 0 Å². The second kappa shape index (κ2) is 9.65. The van der Waals surface area contributed by atoms with E-state index in [0.29, 0.717) is 16.5 Å². The lowest BCUT2D eigenvalue weighted by atomic mass is 10.0. The fourth-order valence-electron chi connectivity index (χ4n) is 2.49. The van der Waals surface area contributed by atoms with Gasteiger partial charge in [0.1, 0.15) is 17.4 Å². The molecule has 2 aromatic carbocycles. The van der Waals surface area contributed by atoms with Gasteiger partial charge in [-0.25, -0.2) is 0 Å². The van der Waals surface area contributed by atoms with Crippen molar-refractivity contribution in [2.45, 2.75) is 26.3 Å². The molecule has 0 aromatic heterocycles. The molecule has 0 radical (unpaired) electrons. The number of nitrogens with zero attached hydrogens (tertiary/aromatic N) is 1. The first-order chi connectivity index (χ1) is 13.0. The maximum absolute atomic E-state index is 12.4. The Morgan fingerprint density at radius 1 is 1.30 bits per heavy atom. The number of carbonyl (C=O) groups is 1. The van der Waals surface area contributed by atoms with Crippen LogP contribution in [0.4, 0.5) is 5.69 Å². The molecule has 1 unspecified atom stereocenters. The smallest absolute Gasteiger partial charge is 0.263 e. The summed E-state index contributed by atoms with van der Waals surface area (Å²) in [5, 5.41) is 15.6. The van der Waals surface area contributed by atoms with E-state index >= 15 is 0 Å². The van der Waals surface area contributed by atoms with Crippen molar-refractivity contribution in [1.29, 1.82) is 5.26 Å². The summed E-state index contributed by atoms with van der Waals surface area (Å²) in [7, 11) is 1.53. The van der Waals surface area contributed by atoms with E-state index < -0.39 is 5.91 Å². The Bertz CT molecular complexity index is 870. The van der Waals surface area contributed by atoms with Gasteiger partial charge in [0.15, 0.2) is 0 Å². The van der Waals surface area contributed by atoms with E-state index in [9.17, 15) is 10.1 Å². The van der Waals surface area contributed by atoms with Crippen LogP contribution in [-0.4, -0.2) is 13.0 Å². The van der Waals surface area contributed by atoms with Crippen molar-refractivity contribution < 1.29 is 9.53 Å². The van der Waals surface area contributed by atoms with E-state index in [0.717, 1.165) is 12.0 Å². The van der Waals surface area contributed by atoms with Crippen LogP contribution in [0, 0.1) is 11.3 Å². The highest BCUT2D eigenvalue weighted by Gasteiger charge is 2.14. The number of amides is 1. The van der Waals surface area contributed by atoms with E-state index in [-0.39, 0.29) is 11.6 Å². The fraction of sp³-hybridized carbons (Fsp3) is 0.238. The zero-order valence-corrected chi connectivity index (χ0v) is 16.3. The number of nitriles is 1. The van der Waals surface area contributed by atoms with Gasteiger partial charge in [-0.05, 0) is 42.7 Å². The van der Waals surface area contributed by atoms with Crippen LogP contribution >= 0.6 is 11.6 Å². The molecule has 0 heterocycles. The third-order valence-electron chi connectivity index (χ3n) is 4.13. The first-order valence-corrected chi connectivity index (χ1v) is 8.96. The third kappa shape index (κ3) is 5.50. The number of anilines is 1. The van der Waals surface area contributed by atoms with Crippen molar-refractivity contribution in [1.82, 2.24) is 5.32 Å². The lowest BCUT2D eigenvalue weighted by Crippen LogP contribution is -2.28. The quantitative estimate of drug-likeness (QED) is 0.541. The molecule has 2 N–H and O–H groups in total. The molecular weight excluding hydrogens is 362 g/mol. The SMILES string of the molecule is CCc1ccc(C(C)NC(=O)/C(C#N)=C\Nc2cc(Cl)ccc2OC)cc1. The highest BCUT2D eigenvalue weighted by molar-refractivity contribution is 6.30. The van der Waals surface area contributed by atoms with Gasteiger partial charge in [-0.2, -0.15) is 5.26 Å². The number of halogens is 1. The molecule has 140 valence electrons. The first-order valence-electron chi connectivity index (χ1n) is 8.58. The Morgan fingerprint density at radius 3 is 2.59 bits per heavy atom. The molecule has 2 rings (SSSR count). The number of ether oxygens (including phenoxy) is 1. The highest BCUT2D eigenvalue weighted by atomic mass is 35.5. The zero-order chi connectivity index (χ0) is 19.8. The standard InChI is InChI=1S/C21H22ClN3O2/c1-4-15-5-7-16(8-6-15)14(2)25-21(26)17(12-23)13-24-19-11-18(22)9-10-20(19)27-3/h5-11,13-14,24H,4H2,1-3H3,(H,25,26)/b17-13-. The van der Waals surface area contributed by atoms with Crippen LogP contribution in [0.2, 0.25) is 5.02 Å². The van der Waals surface area contributed by atoms with Crippen LogP contribution in [0.25, 0.3) is 0 Å². The van der Waals surface area contributed by atoms with E-state index in [4.69, 9.17) is 16.3 Å². The number of benzene rings is 2. The predicted molar refractivity (Wildman–Crippen MR) is 108 cm³/mol. The van der Waals surface area contributed by atoms with Crippen LogP contribution in [0.1, 0.15) is 31.0 Å². The van der Waals surface area contributed by atoms with Gasteiger partial charge >= 0.3 is 0 Å². The van der Waals surface area contributed by atoms with Crippen molar-refractivity contribution in [2.24, 2.45) is 0 Å².